The molecule has 0 bridgehead atoms. The lowest BCUT2D eigenvalue weighted by Crippen LogP contribution is -2.29. The average molecular weight is 485 g/mol. The fourth-order valence-electron chi connectivity index (χ4n) is 4.03. The number of anilines is 2. The van der Waals surface area contributed by atoms with Crippen molar-refractivity contribution in [1.29, 1.82) is 0 Å². The third-order valence-corrected chi connectivity index (χ3v) is 6.46. The molecule has 1 saturated heterocycles. The third-order valence-electron chi connectivity index (χ3n) is 5.79. The number of nitrogens with one attached hydrogen (secondary N) is 1. The molecule has 1 heterocycles. The maximum absolute atomic E-state index is 6.60. The molecule has 174 valence electrons. The predicted octanol–water partition coefficient (Wildman–Crippen LogP) is 7.57. The Morgan fingerprint density at radius 3 is 2.42 bits per heavy atom. The van der Waals surface area contributed by atoms with Crippen molar-refractivity contribution < 1.29 is 9.47 Å². The Balaban J connectivity index is 1.40. The van der Waals surface area contributed by atoms with Crippen LogP contribution in [0.3, 0.4) is 0 Å². The first-order valence-electron chi connectivity index (χ1n) is 11.5. The molecule has 3 aromatic carbocycles. The highest BCUT2D eigenvalue weighted by atomic mass is 35.5. The van der Waals surface area contributed by atoms with Gasteiger partial charge in [-0.3, -0.25) is 0 Å². The third kappa shape index (κ3) is 6.27. The van der Waals surface area contributed by atoms with Crippen molar-refractivity contribution in [2.75, 3.05) is 29.9 Å². The molecule has 0 radical (unpaired) electrons. The van der Waals surface area contributed by atoms with E-state index in [1.54, 1.807) is 0 Å². The molecule has 0 atom stereocenters. The number of hydrogen-bond donors (Lipinski definition) is 1. The number of benzene rings is 3. The van der Waals surface area contributed by atoms with Crippen LogP contribution < -0.4 is 19.7 Å². The molecule has 3 aromatic rings. The summed E-state index contributed by atoms with van der Waals surface area (Å²) < 4.78 is 11.8. The SMILES string of the molecule is CCOc1cc(CNc2ccc(N3CCCCC3)c(Cl)c2)ccc1OCc1ccccc1Cl. The van der Waals surface area contributed by atoms with Crippen LogP contribution in [0, 0.1) is 0 Å². The van der Waals surface area contributed by atoms with E-state index in [0.717, 1.165) is 46.4 Å². The summed E-state index contributed by atoms with van der Waals surface area (Å²) in [5.41, 5.74) is 4.16. The standard InChI is InChI=1S/C27H30Cl2N2O2/c1-2-32-27-16-20(10-13-26(27)33-19-21-8-4-5-9-23(21)28)18-30-22-11-12-25(24(29)17-22)31-14-6-3-7-15-31/h4-5,8-13,16-17,30H,2-3,6-7,14-15,18-19H2,1H3. The zero-order valence-electron chi connectivity index (χ0n) is 18.9. The molecule has 1 N–H and O–H groups in total. The summed E-state index contributed by atoms with van der Waals surface area (Å²) in [7, 11) is 0. The molecule has 1 aliphatic heterocycles. The zero-order valence-corrected chi connectivity index (χ0v) is 20.5. The van der Waals surface area contributed by atoms with E-state index >= 15 is 0 Å². The first-order chi connectivity index (χ1) is 16.1. The summed E-state index contributed by atoms with van der Waals surface area (Å²) in [5.74, 6) is 1.43. The van der Waals surface area contributed by atoms with Crippen molar-refractivity contribution in [3.8, 4) is 11.5 Å². The van der Waals surface area contributed by atoms with Crippen molar-refractivity contribution in [1.82, 2.24) is 0 Å². The number of rotatable bonds is 9. The molecule has 6 heteroatoms. The quantitative estimate of drug-likeness (QED) is 0.339. The Kier molecular flexibility index (Phi) is 8.25. The molecule has 4 rings (SSSR count). The van der Waals surface area contributed by atoms with Crippen molar-refractivity contribution in [3.63, 3.8) is 0 Å². The van der Waals surface area contributed by atoms with Crippen LogP contribution in [0.15, 0.2) is 60.7 Å². The van der Waals surface area contributed by atoms with Gasteiger partial charge in [0.15, 0.2) is 11.5 Å². The van der Waals surface area contributed by atoms with Crippen molar-refractivity contribution in [2.45, 2.75) is 39.3 Å². The van der Waals surface area contributed by atoms with Crippen LogP contribution in [0.25, 0.3) is 0 Å². The maximum atomic E-state index is 6.60. The van der Waals surface area contributed by atoms with Gasteiger partial charge >= 0.3 is 0 Å². The minimum Gasteiger partial charge on any atom is -0.490 e. The van der Waals surface area contributed by atoms with Gasteiger partial charge in [-0.1, -0.05) is 47.5 Å². The van der Waals surface area contributed by atoms with Gasteiger partial charge in [0.25, 0.3) is 0 Å². The van der Waals surface area contributed by atoms with E-state index in [1.165, 1.54) is 19.3 Å². The highest BCUT2D eigenvalue weighted by Gasteiger charge is 2.14. The van der Waals surface area contributed by atoms with E-state index in [4.69, 9.17) is 32.7 Å². The van der Waals surface area contributed by atoms with Crippen LogP contribution in [0.5, 0.6) is 11.5 Å². The zero-order chi connectivity index (χ0) is 23.0. The van der Waals surface area contributed by atoms with Crippen LogP contribution in [0.1, 0.15) is 37.3 Å². The topological polar surface area (TPSA) is 33.7 Å². The van der Waals surface area contributed by atoms with Gasteiger partial charge in [0.1, 0.15) is 6.61 Å². The lowest BCUT2D eigenvalue weighted by molar-refractivity contribution is 0.269. The van der Waals surface area contributed by atoms with Crippen LogP contribution in [-0.4, -0.2) is 19.7 Å². The number of piperidine rings is 1. The summed E-state index contributed by atoms with van der Waals surface area (Å²) >= 11 is 12.8. The monoisotopic (exact) mass is 484 g/mol. The molecule has 1 fully saturated rings. The van der Waals surface area contributed by atoms with Crippen LogP contribution in [0.2, 0.25) is 10.0 Å². The highest BCUT2D eigenvalue weighted by Crippen LogP contribution is 2.32. The predicted molar refractivity (Wildman–Crippen MR) is 138 cm³/mol. The first-order valence-corrected chi connectivity index (χ1v) is 12.3. The number of ether oxygens (including phenoxy) is 2. The van der Waals surface area contributed by atoms with Crippen molar-refractivity contribution in [2.24, 2.45) is 0 Å². The summed E-state index contributed by atoms with van der Waals surface area (Å²) in [4.78, 5) is 2.38. The number of halogens is 2. The van der Waals surface area contributed by atoms with Gasteiger partial charge in [0.05, 0.1) is 17.3 Å². The van der Waals surface area contributed by atoms with Crippen molar-refractivity contribution >= 4 is 34.6 Å². The van der Waals surface area contributed by atoms with Gasteiger partial charge in [-0.15, -0.1) is 0 Å². The van der Waals surface area contributed by atoms with E-state index in [0.29, 0.717) is 30.5 Å². The van der Waals surface area contributed by atoms with Crippen molar-refractivity contribution in [3.05, 3.63) is 81.8 Å². The molecule has 1 aliphatic rings. The minimum absolute atomic E-state index is 0.388. The summed E-state index contributed by atoms with van der Waals surface area (Å²) in [5, 5.41) is 4.96. The first kappa shape index (κ1) is 23.6. The molecule has 33 heavy (non-hydrogen) atoms. The van der Waals surface area contributed by atoms with Gasteiger partial charge in [0.2, 0.25) is 0 Å². The Morgan fingerprint density at radius 2 is 1.67 bits per heavy atom. The van der Waals surface area contributed by atoms with Gasteiger partial charge in [0, 0.05) is 35.9 Å². The van der Waals surface area contributed by atoms with Crippen LogP contribution in [-0.2, 0) is 13.2 Å². The maximum Gasteiger partial charge on any atom is 0.161 e. The van der Waals surface area contributed by atoms with E-state index in [9.17, 15) is 0 Å². The molecule has 0 spiro atoms. The summed E-state index contributed by atoms with van der Waals surface area (Å²) in [6.07, 6.45) is 3.77. The normalized spacial score (nSPS) is 13.6. The Labute approximate surface area is 206 Å². The number of hydrogen-bond acceptors (Lipinski definition) is 4. The van der Waals surface area contributed by atoms with Gasteiger partial charge < -0.3 is 19.7 Å². The molecular formula is C27H30Cl2N2O2. The van der Waals surface area contributed by atoms with E-state index in [-0.39, 0.29) is 0 Å². The van der Waals surface area contributed by atoms with E-state index in [1.807, 2.05) is 55.5 Å². The van der Waals surface area contributed by atoms with Gasteiger partial charge in [-0.05, 0) is 68.1 Å². The molecule has 4 nitrogen and oxygen atoms in total. The van der Waals surface area contributed by atoms with Gasteiger partial charge in [-0.25, -0.2) is 0 Å². The molecule has 0 saturated carbocycles. The fourth-order valence-corrected chi connectivity index (χ4v) is 4.52. The second-order valence-electron chi connectivity index (χ2n) is 8.16. The fraction of sp³-hybridized carbons (Fsp3) is 0.333. The molecule has 0 aromatic heterocycles. The van der Waals surface area contributed by atoms with Crippen LogP contribution >= 0.6 is 23.2 Å². The minimum atomic E-state index is 0.388. The number of nitrogens with zero attached hydrogens (tertiary/aromatic N) is 1. The van der Waals surface area contributed by atoms with E-state index in [2.05, 4.69) is 22.3 Å². The molecule has 0 aliphatic carbocycles. The lowest BCUT2D eigenvalue weighted by Gasteiger charge is -2.29. The molecule has 0 amide bonds. The second kappa shape index (κ2) is 11.5. The summed E-state index contributed by atoms with van der Waals surface area (Å²) in [6.45, 7) is 5.74. The Morgan fingerprint density at radius 1 is 0.848 bits per heavy atom. The van der Waals surface area contributed by atoms with Crippen LogP contribution in [0.4, 0.5) is 11.4 Å². The highest BCUT2D eigenvalue weighted by molar-refractivity contribution is 6.33. The Hall–Kier alpha value is -2.56. The summed E-state index contributed by atoms with van der Waals surface area (Å²) in [6, 6.07) is 19.9. The molecule has 0 unspecified atom stereocenters. The van der Waals surface area contributed by atoms with Gasteiger partial charge in [-0.2, -0.15) is 0 Å². The molecular weight excluding hydrogens is 455 g/mol. The lowest BCUT2D eigenvalue weighted by atomic mass is 10.1. The second-order valence-corrected chi connectivity index (χ2v) is 8.98. The van der Waals surface area contributed by atoms with E-state index < -0.39 is 0 Å². The Bertz CT molecular complexity index is 1070. The largest absolute Gasteiger partial charge is 0.490 e. The smallest absolute Gasteiger partial charge is 0.161 e. The average Bonchev–Trinajstić information content (AvgIpc) is 2.84.